The van der Waals surface area contributed by atoms with Crippen LogP contribution >= 0.6 is 0 Å². The van der Waals surface area contributed by atoms with Crippen LogP contribution in [0.5, 0.6) is 5.75 Å². The Bertz CT molecular complexity index is 538. The van der Waals surface area contributed by atoms with E-state index >= 15 is 0 Å². The number of carboxylic acids is 1. The molecule has 0 aromatic heterocycles. The van der Waals surface area contributed by atoms with Gasteiger partial charge in [0.25, 0.3) is 0 Å². The lowest BCUT2D eigenvalue weighted by molar-refractivity contribution is 0.0697. The van der Waals surface area contributed by atoms with E-state index in [-0.39, 0.29) is 23.0 Å². The third-order valence-electron chi connectivity index (χ3n) is 3.83. The zero-order valence-electron chi connectivity index (χ0n) is 12.0. The van der Waals surface area contributed by atoms with Crippen LogP contribution < -0.4 is 5.32 Å². The van der Waals surface area contributed by atoms with Gasteiger partial charge in [0.2, 0.25) is 0 Å². The molecule has 0 aliphatic heterocycles. The molecule has 0 saturated heterocycles. The van der Waals surface area contributed by atoms with Gasteiger partial charge < -0.3 is 20.4 Å². The molecular weight excluding hydrogens is 272 g/mol. The quantitative estimate of drug-likeness (QED) is 0.744. The van der Waals surface area contributed by atoms with E-state index in [2.05, 4.69) is 5.32 Å². The summed E-state index contributed by atoms with van der Waals surface area (Å²) in [7, 11) is 1.70. The Morgan fingerprint density at radius 1 is 1.33 bits per heavy atom. The summed E-state index contributed by atoms with van der Waals surface area (Å²) in [6.45, 7) is 0.673. The van der Waals surface area contributed by atoms with Crippen LogP contribution in [0.4, 0.5) is 10.5 Å². The first-order valence-corrected chi connectivity index (χ1v) is 7.06. The second-order valence-corrected chi connectivity index (χ2v) is 5.50. The molecule has 2 amide bonds. The average Bonchev–Trinajstić information content (AvgIpc) is 2.93. The van der Waals surface area contributed by atoms with Gasteiger partial charge in [0.15, 0.2) is 0 Å². The summed E-state index contributed by atoms with van der Waals surface area (Å²) in [5, 5.41) is 21.0. The number of aromatic hydroxyl groups is 1. The van der Waals surface area contributed by atoms with E-state index in [4.69, 9.17) is 5.11 Å². The number of phenolic OH excluding ortho intramolecular Hbond substituents is 1. The number of carboxylic acid groups (broad SMARTS) is 1. The third kappa shape index (κ3) is 3.87. The number of nitrogens with one attached hydrogen (secondary N) is 1. The number of aromatic carboxylic acids is 1. The Balaban J connectivity index is 2.03. The van der Waals surface area contributed by atoms with Crippen LogP contribution in [0.1, 0.15) is 36.0 Å². The van der Waals surface area contributed by atoms with Gasteiger partial charge in [-0.2, -0.15) is 0 Å². The summed E-state index contributed by atoms with van der Waals surface area (Å²) in [5.41, 5.74) is 0.0567. The number of benzene rings is 1. The minimum atomic E-state index is -1.19. The van der Waals surface area contributed by atoms with Crippen molar-refractivity contribution >= 4 is 17.7 Å². The van der Waals surface area contributed by atoms with Gasteiger partial charge in [-0.1, -0.05) is 12.8 Å². The van der Waals surface area contributed by atoms with Crippen LogP contribution in [0.15, 0.2) is 18.2 Å². The molecule has 0 atom stereocenters. The zero-order chi connectivity index (χ0) is 15.4. The van der Waals surface area contributed by atoms with E-state index < -0.39 is 5.97 Å². The molecule has 114 valence electrons. The predicted molar refractivity (Wildman–Crippen MR) is 78.7 cm³/mol. The Labute approximate surface area is 123 Å². The van der Waals surface area contributed by atoms with Gasteiger partial charge in [-0.05, 0) is 37.0 Å². The molecule has 1 saturated carbocycles. The predicted octanol–water partition coefficient (Wildman–Crippen LogP) is 2.74. The number of carbonyl (C=O) groups is 2. The highest BCUT2D eigenvalue weighted by molar-refractivity contribution is 6.00. The average molecular weight is 292 g/mol. The van der Waals surface area contributed by atoms with E-state index in [1.807, 2.05) is 0 Å². The van der Waals surface area contributed by atoms with Crippen molar-refractivity contribution in [1.29, 1.82) is 0 Å². The fourth-order valence-electron chi connectivity index (χ4n) is 2.69. The first-order chi connectivity index (χ1) is 9.97. The molecular formula is C15H20N2O4. The number of urea groups is 1. The lowest BCUT2D eigenvalue weighted by Gasteiger charge is -2.22. The maximum Gasteiger partial charge on any atom is 0.337 e. The van der Waals surface area contributed by atoms with Crippen LogP contribution in [-0.2, 0) is 0 Å². The van der Waals surface area contributed by atoms with E-state index in [9.17, 15) is 14.7 Å². The molecule has 1 aromatic rings. The van der Waals surface area contributed by atoms with E-state index in [0.29, 0.717) is 12.5 Å². The molecule has 6 heteroatoms. The van der Waals surface area contributed by atoms with Gasteiger partial charge in [-0.25, -0.2) is 9.59 Å². The number of phenols is 1. The van der Waals surface area contributed by atoms with Crippen molar-refractivity contribution in [3.8, 4) is 5.75 Å². The lowest BCUT2D eigenvalue weighted by Crippen LogP contribution is -2.35. The van der Waals surface area contributed by atoms with Crippen LogP contribution in [0.2, 0.25) is 0 Å². The number of hydrogen-bond donors (Lipinski definition) is 3. The van der Waals surface area contributed by atoms with Crippen molar-refractivity contribution in [2.24, 2.45) is 5.92 Å². The first-order valence-electron chi connectivity index (χ1n) is 7.06. The first kappa shape index (κ1) is 15.2. The zero-order valence-corrected chi connectivity index (χ0v) is 12.0. The van der Waals surface area contributed by atoms with Gasteiger partial charge in [0.1, 0.15) is 5.75 Å². The number of rotatable bonds is 4. The number of nitrogens with zero attached hydrogens (tertiary/aromatic N) is 1. The van der Waals surface area contributed by atoms with Crippen molar-refractivity contribution in [3.05, 3.63) is 23.8 Å². The fraction of sp³-hybridized carbons (Fsp3) is 0.467. The highest BCUT2D eigenvalue weighted by Crippen LogP contribution is 2.26. The topological polar surface area (TPSA) is 89.9 Å². The molecule has 1 aliphatic carbocycles. The molecule has 1 aromatic carbocycles. The number of hydrogen-bond acceptors (Lipinski definition) is 3. The van der Waals surface area contributed by atoms with Gasteiger partial charge in [-0.15, -0.1) is 0 Å². The highest BCUT2D eigenvalue weighted by atomic mass is 16.4. The summed E-state index contributed by atoms with van der Waals surface area (Å²) in [6.07, 6.45) is 4.69. The molecule has 0 radical (unpaired) electrons. The Hall–Kier alpha value is -2.24. The van der Waals surface area contributed by atoms with Gasteiger partial charge in [-0.3, -0.25) is 0 Å². The van der Waals surface area contributed by atoms with E-state index in [0.717, 1.165) is 18.9 Å². The molecule has 3 N–H and O–H groups in total. The largest absolute Gasteiger partial charge is 0.508 e. The van der Waals surface area contributed by atoms with E-state index in [1.54, 1.807) is 11.9 Å². The minimum absolute atomic E-state index is 0.127. The van der Waals surface area contributed by atoms with Crippen molar-refractivity contribution in [3.63, 3.8) is 0 Å². The van der Waals surface area contributed by atoms with Crippen molar-refractivity contribution in [2.45, 2.75) is 25.7 Å². The van der Waals surface area contributed by atoms with Gasteiger partial charge >= 0.3 is 12.0 Å². The van der Waals surface area contributed by atoms with E-state index in [1.165, 1.54) is 25.0 Å². The highest BCUT2D eigenvalue weighted by Gasteiger charge is 2.20. The lowest BCUT2D eigenvalue weighted by atomic mass is 10.1. The second-order valence-electron chi connectivity index (χ2n) is 5.50. The summed E-state index contributed by atoms with van der Waals surface area (Å²) in [6, 6.07) is 3.52. The van der Waals surface area contributed by atoms with Crippen LogP contribution in [-0.4, -0.2) is 40.7 Å². The minimum Gasteiger partial charge on any atom is -0.508 e. The molecule has 21 heavy (non-hydrogen) atoms. The smallest absolute Gasteiger partial charge is 0.337 e. The Kier molecular flexibility index (Phi) is 4.67. The maximum absolute atomic E-state index is 12.1. The van der Waals surface area contributed by atoms with Crippen molar-refractivity contribution in [2.75, 3.05) is 18.9 Å². The third-order valence-corrected chi connectivity index (χ3v) is 3.83. The van der Waals surface area contributed by atoms with Gasteiger partial charge in [0, 0.05) is 13.6 Å². The molecule has 6 nitrogen and oxygen atoms in total. The van der Waals surface area contributed by atoms with Crippen LogP contribution in [0.25, 0.3) is 0 Å². The van der Waals surface area contributed by atoms with Crippen LogP contribution in [0.3, 0.4) is 0 Å². The summed E-state index contributed by atoms with van der Waals surface area (Å²) in [5.74, 6) is -0.816. The van der Waals surface area contributed by atoms with Crippen molar-refractivity contribution < 1.29 is 19.8 Å². The van der Waals surface area contributed by atoms with Crippen molar-refractivity contribution in [1.82, 2.24) is 4.90 Å². The summed E-state index contributed by atoms with van der Waals surface area (Å²) < 4.78 is 0. The monoisotopic (exact) mass is 292 g/mol. The number of carbonyl (C=O) groups excluding carboxylic acids is 1. The number of anilines is 1. The molecule has 0 spiro atoms. The Morgan fingerprint density at radius 3 is 2.62 bits per heavy atom. The Morgan fingerprint density at radius 2 is 2.00 bits per heavy atom. The normalized spacial score (nSPS) is 14.9. The van der Waals surface area contributed by atoms with Gasteiger partial charge in [0.05, 0.1) is 11.3 Å². The molecule has 1 aliphatic rings. The molecule has 2 rings (SSSR count). The maximum atomic E-state index is 12.1. The number of amides is 2. The standard InChI is InChI=1S/C15H20N2O4/c1-17(9-10-4-2-3-5-10)15(21)16-13-7-6-11(18)8-12(13)14(19)20/h6-8,10,18H,2-5,9H2,1H3,(H,16,21)(H,19,20). The fourth-order valence-corrected chi connectivity index (χ4v) is 2.69. The molecule has 0 unspecified atom stereocenters. The second kappa shape index (κ2) is 6.47. The molecule has 0 bridgehead atoms. The molecule has 0 heterocycles. The SMILES string of the molecule is CN(CC1CCCC1)C(=O)Nc1ccc(O)cc1C(=O)O. The van der Waals surface area contributed by atoms with Crippen LogP contribution in [0, 0.1) is 5.92 Å². The molecule has 1 fully saturated rings. The summed E-state index contributed by atoms with van der Waals surface area (Å²) in [4.78, 5) is 24.8. The summed E-state index contributed by atoms with van der Waals surface area (Å²) >= 11 is 0.